The monoisotopic (exact) mass is 312 g/mol. The minimum absolute atomic E-state index is 0.00287. The zero-order valence-corrected chi connectivity index (χ0v) is 11.9. The molecule has 1 aliphatic rings. The Morgan fingerprint density at radius 2 is 1.90 bits per heavy atom. The summed E-state index contributed by atoms with van der Waals surface area (Å²) in [6.07, 6.45) is 0.524. The number of aromatic hydroxyl groups is 1. The molecule has 20 heavy (non-hydrogen) atoms. The standard InChI is InChI=1S/C15H11Cl2FO2/c16-12-2-1-3-13(17)14(12)11-6-9(18)4-8(15(11)19)5-10-7-20-10/h1-4,6,10,19H,5,7H2. The van der Waals surface area contributed by atoms with Gasteiger partial charge in [0.2, 0.25) is 0 Å². The van der Waals surface area contributed by atoms with Crippen molar-refractivity contribution in [3.63, 3.8) is 0 Å². The van der Waals surface area contributed by atoms with Crippen LogP contribution in [0.1, 0.15) is 5.56 Å². The highest BCUT2D eigenvalue weighted by Gasteiger charge is 2.26. The van der Waals surface area contributed by atoms with Crippen molar-refractivity contribution in [2.24, 2.45) is 0 Å². The van der Waals surface area contributed by atoms with E-state index in [1.165, 1.54) is 12.1 Å². The van der Waals surface area contributed by atoms with Crippen molar-refractivity contribution in [3.05, 3.63) is 51.8 Å². The SMILES string of the molecule is Oc1c(CC2CO2)cc(F)cc1-c1c(Cl)cccc1Cl. The lowest BCUT2D eigenvalue weighted by atomic mass is 9.98. The Bertz CT molecular complexity index is 649. The molecule has 0 aliphatic carbocycles. The van der Waals surface area contributed by atoms with Crippen LogP contribution in [0.15, 0.2) is 30.3 Å². The van der Waals surface area contributed by atoms with Crippen LogP contribution in [0.3, 0.4) is 0 Å². The maximum atomic E-state index is 13.8. The van der Waals surface area contributed by atoms with Crippen molar-refractivity contribution in [2.45, 2.75) is 12.5 Å². The van der Waals surface area contributed by atoms with Gasteiger partial charge in [0.15, 0.2) is 0 Å². The lowest BCUT2D eigenvalue weighted by molar-refractivity contribution is 0.401. The largest absolute Gasteiger partial charge is 0.507 e. The first kappa shape index (κ1) is 13.7. The average molecular weight is 313 g/mol. The minimum atomic E-state index is -0.440. The number of benzene rings is 2. The Morgan fingerprint density at radius 3 is 2.50 bits per heavy atom. The van der Waals surface area contributed by atoms with Crippen molar-refractivity contribution in [1.82, 2.24) is 0 Å². The maximum Gasteiger partial charge on any atom is 0.127 e. The number of phenolic OH excluding ortho intramolecular Hbond substituents is 1. The zero-order chi connectivity index (χ0) is 14.3. The van der Waals surface area contributed by atoms with Crippen LogP contribution in [0, 0.1) is 5.82 Å². The Morgan fingerprint density at radius 1 is 1.25 bits per heavy atom. The Labute approximate surface area is 125 Å². The number of halogens is 3. The molecule has 1 saturated heterocycles. The first-order valence-electron chi connectivity index (χ1n) is 6.13. The summed E-state index contributed by atoms with van der Waals surface area (Å²) < 4.78 is 18.9. The fourth-order valence-electron chi connectivity index (χ4n) is 2.19. The molecule has 2 nitrogen and oxygen atoms in total. The molecule has 1 atom stereocenters. The average Bonchev–Trinajstić information content (AvgIpc) is 3.18. The molecule has 1 heterocycles. The van der Waals surface area contributed by atoms with Gasteiger partial charge in [0.05, 0.1) is 22.8 Å². The summed E-state index contributed by atoms with van der Waals surface area (Å²) in [6, 6.07) is 7.54. The molecule has 1 unspecified atom stereocenters. The lowest BCUT2D eigenvalue weighted by Crippen LogP contribution is -1.97. The third-order valence-corrected chi connectivity index (χ3v) is 3.87. The Hall–Kier alpha value is -1.29. The number of epoxide rings is 1. The van der Waals surface area contributed by atoms with Crippen LogP contribution in [-0.4, -0.2) is 17.8 Å². The summed E-state index contributed by atoms with van der Waals surface area (Å²) in [7, 11) is 0. The number of phenols is 1. The number of hydrogen-bond acceptors (Lipinski definition) is 2. The van der Waals surface area contributed by atoms with E-state index in [0.717, 1.165) is 0 Å². The van der Waals surface area contributed by atoms with E-state index < -0.39 is 5.82 Å². The van der Waals surface area contributed by atoms with Crippen LogP contribution < -0.4 is 0 Å². The third-order valence-electron chi connectivity index (χ3n) is 3.24. The Balaban J connectivity index is 2.15. The summed E-state index contributed by atoms with van der Waals surface area (Å²) in [5, 5.41) is 11.1. The fourth-order valence-corrected chi connectivity index (χ4v) is 2.79. The van der Waals surface area contributed by atoms with Crippen molar-refractivity contribution >= 4 is 23.2 Å². The molecule has 0 spiro atoms. The second-order valence-corrected chi connectivity index (χ2v) is 5.53. The molecule has 0 bridgehead atoms. The van der Waals surface area contributed by atoms with Crippen LogP contribution in [-0.2, 0) is 11.2 Å². The molecule has 2 aromatic carbocycles. The predicted molar refractivity (Wildman–Crippen MR) is 77.0 cm³/mol. The first-order valence-corrected chi connectivity index (χ1v) is 6.89. The van der Waals surface area contributed by atoms with Crippen LogP contribution in [0.5, 0.6) is 5.75 Å². The quantitative estimate of drug-likeness (QED) is 0.849. The van der Waals surface area contributed by atoms with Crippen molar-refractivity contribution < 1.29 is 14.2 Å². The maximum absolute atomic E-state index is 13.8. The van der Waals surface area contributed by atoms with Gasteiger partial charge in [-0.05, 0) is 24.3 Å². The van der Waals surface area contributed by atoms with Gasteiger partial charge in [-0.15, -0.1) is 0 Å². The Kier molecular flexibility index (Phi) is 3.59. The molecule has 1 aliphatic heterocycles. The van der Waals surface area contributed by atoms with E-state index in [2.05, 4.69) is 0 Å². The third kappa shape index (κ3) is 2.62. The normalized spacial score (nSPS) is 17.2. The van der Waals surface area contributed by atoms with E-state index >= 15 is 0 Å². The molecule has 5 heteroatoms. The molecule has 0 saturated carbocycles. The van der Waals surface area contributed by atoms with Crippen LogP contribution in [0.2, 0.25) is 10.0 Å². The van der Waals surface area contributed by atoms with Gasteiger partial charge >= 0.3 is 0 Å². The number of rotatable bonds is 3. The van der Waals surface area contributed by atoms with Gasteiger partial charge in [0.25, 0.3) is 0 Å². The van der Waals surface area contributed by atoms with Gasteiger partial charge in [0, 0.05) is 23.1 Å². The summed E-state index contributed by atoms with van der Waals surface area (Å²) in [4.78, 5) is 0. The molecule has 0 aromatic heterocycles. The van der Waals surface area contributed by atoms with Gasteiger partial charge in [0.1, 0.15) is 11.6 Å². The van der Waals surface area contributed by atoms with E-state index in [1.54, 1.807) is 18.2 Å². The highest BCUT2D eigenvalue weighted by molar-refractivity contribution is 6.39. The molecule has 2 aromatic rings. The van der Waals surface area contributed by atoms with Gasteiger partial charge in [-0.2, -0.15) is 0 Å². The lowest BCUT2D eigenvalue weighted by Gasteiger charge is -2.12. The smallest absolute Gasteiger partial charge is 0.127 e. The molecule has 3 rings (SSSR count). The van der Waals surface area contributed by atoms with Gasteiger partial charge in [-0.3, -0.25) is 0 Å². The molecule has 0 radical (unpaired) electrons. The summed E-state index contributed by atoms with van der Waals surface area (Å²) in [6.45, 7) is 0.637. The van der Waals surface area contributed by atoms with E-state index in [9.17, 15) is 9.50 Å². The molecular formula is C15H11Cl2FO2. The van der Waals surface area contributed by atoms with Gasteiger partial charge < -0.3 is 9.84 Å². The van der Waals surface area contributed by atoms with Crippen molar-refractivity contribution in [2.75, 3.05) is 6.61 Å². The summed E-state index contributed by atoms with van der Waals surface area (Å²) >= 11 is 12.2. The zero-order valence-electron chi connectivity index (χ0n) is 10.4. The molecular weight excluding hydrogens is 302 g/mol. The summed E-state index contributed by atoms with van der Waals surface area (Å²) in [5.74, 6) is -0.443. The van der Waals surface area contributed by atoms with E-state index in [-0.39, 0.29) is 11.9 Å². The first-order chi connectivity index (χ1) is 9.56. The number of hydrogen-bond donors (Lipinski definition) is 1. The van der Waals surface area contributed by atoms with E-state index in [0.29, 0.717) is 39.8 Å². The highest BCUT2D eigenvalue weighted by atomic mass is 35.5. The molecule has 1 N–H and O–H groups in total. The molecule has 104 valence electrons. The van der Waals surface area contributed by atoms with Crippen molar-refractivity contribution in [1.29, 1.82) is 0 Å². The molecule has 0 amide bonds. The second-order valence-electron chi connectivity index (χ2n) is 4.72. The van der Waals surface area contributed by atoms with E-state index in [4.69, 9.17) is 27.9 Å². The molecule has 1 fully saturated rings. The van der Waals surface area contributed by atoms with Crippen molar-refractivity contribution in [3.8, 4) is 16.9 Å². The second kappa shape index (κ2) is 5.24. The topological polar surface area (TPSA) is 32.8 Å². The van der Waals surface area contributed by atoms with Gasteiger partial charge in [-0.1, -0.05) is 29.3 Å². The van der Waals surface area contributed by atoms with Crippen LogP contribution in [0.4, 0.5) is 4.39 Å². The van der Waals surface area contributed by atoms with Gasteiger partial charge in [-0.25, -0.2) is 4.39 Å². The van der Waals surface area contributed by atoms with Crippen LogP contribution in [0.25, 0.3) is 11.1 Å². The van der Waals surface area contributed by atoms with E-state index in [1.807, 2.05) is 0 Å². The van der Waals surface area contributed by atoms with Crippen LogP contribution >= 0.6 is 23.2 Å². The fraction of sp³-hybridized carbons (Fsp3) is 0.200. The number of ether oxygens (including phenoxy) is 1. The minimum Gasteiger partial charge on any atom is -0.507 e. The summed E-state index contributed by atoms with van der Waals surface area (Å²) in [5.41, 5.74) is 1.24. The predicted octanol–water partition coefficient (Wildman–Crippen LogP) is 4.45. The highest BCUT2D eigenvalue weighted by Crippen LogP contribution is 2.41.